The molecule has 0 spiro atoms. The first-order chi connectivity index (χ1) is 8.88. The van der Waals surface area contributed by atoms with Crippen LogP contribution in [-0.2, 0) is 6.54 Å². The van der Waals surface area contributed by atoms with Crippen LogP contribution in [0, 0.1) is 5.92 Å². The van der Waals surface area contributed by atoms with Crippen molar-refractivity contribution in [2.45, 2.75) is 46.2 Å². The zero-order valence-corrected chi connectivity index (χ0v) is 14.5. The van der Waals surface area contributed by atoms with Crippen molar-refractivity contribution in [1.82, 2.24) is 10.2 Å². The fourth-order valence-corrected chi connectivity index (χ4v) is 3.22. The third kappa shape index (κ3) is 6.43. The van der Waals surface area contributed by atoms with Gasteiger partial charge in [-0.1, -0.05) is 13.8 Å². The molecule has 0 radical (unpaired) electrons. The van der Waals surface area contributed by atoms with Gasteiger partial charge in [-0.05, 0) is 47.7 Å². The van der Waals surface area contributed by atoms with Crippen molar-refractivity contribution >= 4 is 33.3 Å². The molecule has 1 N–H and O–H groups in total. The van der Waals surface area contributed by atoms with Crippen molar-refractivity contribution in [3.63, 3.8) is 0 Å². The highest BCUT2D eigenvalue weighted by molar-refractivity contribution is 9.10. The van der Waals surface area contributed by atoms with E-state index in [4.69, 9.17) is 0 Å². The van der Waals surface area contributed by atoms with Crippen molar-refractivity contribution in [3.05, 3.63) is 20.8 Å². The number of thiophene rings is 1. The van der Waals surface area contributed by atoms with Crippen LogP contribution in [0.1, 0.15) is 38.5 Å². The highest BCUT2D eigenvalue weighted by atomic mass is 79.9. The van der Waals surface area contributed by atoms with E-state index in [0.717, 1.165) is 17.3 Å². The second-order valence-electron chi connectivity index (χ2n) is 5.41. The van der Waals surface area contributed by atoms with E-state index < -0.39 is 0 Å². The van der Waals surface area contributed by atoms with E-state index in [1.54, 1.807) is 16.2 Å². The van der Waals surface area contributed by atoms with E-state index in [1.807, 2.05) is 12.4 Å². The second-order valence-corrected chi connectivity index (χ2v) is 7.32. The van der Waals surface area contributed by atoms with Gasteiger partial charge in [0.25, 0.3) is 0 Å². The summed E-state index contributed by atoms with van der Waals surface area (Å²) in [5, 5.41) is 5.08. The molecule has 0 fully saturated rings. The van der Waals surface area contributed by atoms with Crippen LogP contribution >= 0.6 is 27.3 Å². The van der Waals surface area contributed by atoms with Gasteiger partial charge in [0.1, 0.15) is 0 Å². The first-order valence-electron chi connectivity index (χ1n) is 6.63. The van der Waals surface area contributed by atoms with E-state index in [2.05, 4.69) is 48.1 Å². The molecule has 0 aliphatic rings. The van der Waals surface area contributed by atoms with Crippen LogP contribution in [0.2, 0.25) is 0 Å². The lowest BCUT2D eigenvalue weighted by molar-refractivity contribution is 0.202. The maximum atomic E-state index is 12.0. The van der Waals surface area contributed by atoms with Gasteiger partial charge < -0.3 is 10.2 Å². The summed E-state index contributed by atoms with van der Waals surface area (Å²) in [5.74, 6) is 0.681. The molecule has 1 aromatic rings. The predicted octanol–water partition coefficient (Wildman–Crippen LogP) is 4.48. The number of rotatable bonds is 6. The summed E-state index contributed by atoms with van der Waals surface area (Å²) in [7, 11) is 1.83. The molecular formula is C14H23BrN2OS. The van der Waals surface area contributed by atoms with Gasteiger partial charge in [-0.25, -0.2) is 4.79 Å². The first-order valence-corrected chi connectivity index (χ1v) is 8.30. The van der Waals surface area contributed by atoms with Gasteiger partial charge >= 0.3 is 6.03 Å². The molecule has 1 unspecified atom stereocenters. The Hall–Kier alpha value is -0.550. The van der Waals surface area contributed by atoms with Crippen LogP contribution in [-0.4, -0.2) is 24.0 Å². The summed E-state index contributed by atoms with van der Waals surface area (Å²) in [6.45, 7) is 7.12. The molecule has 2 amide bonds. The molecule has 0 aliphatic carbocycles. The van der Waals surface area contributed by atoms with Gasteiger partial charge in [0.2, 0.25) is 0 Å². The number of halogens is 1. The number of nitrogens with zero attached hydrogens (tertiary/aromatic N) is 1. The molecule has 108 valence electrons. The molecule has 5 heteroatoms. The lowest BCUT2D eigenvalue weighted by atomic mass is 10.0. The molecule has 0 aromatic carbocycles. The molecule has 0 saturated carbocycles. The van der Waals surface area contributed by atoms with Gasteiger partial charge in [-0.15, -0.1) is 11.3 Å². The molecule has 1 atom stereocenters. The van der Waals surface area contributed by atoms with Gasteiger partial charge in [-0.3, -0.25) is 0 Å². The molecular weight excluding hydrogens is 324 g/mol. The molecule has 19 heavy (non-hydrogen) atoms. The zero-order chi connectivity index (χ0) is 14.4. The van der Waals surface area contributed by atoms with Gasteiger partial charge in [-0.2, -0.15) is 0 Å². The molecule has 0 saturated heterocycles. The summed E-state index contributed by atoms with van der Waals surface area (Å²) in [4.78, 5) is 14.9. The van der Waals surface area contributed by atoms with Crippen molar-refractivity contribution in [2.75, 3.05) is 7.05 Å². The van der Waals surface area contributed by atoms with E-state index in [1.165, 1.54) is 4.88 Å². The minimum Gasteiger partial charge on any atom is -0.336 e. The third-order valence-electron chi connectivity index (χ3n) is 2.91. The Morgan fingerprint density at radius 2 is 2.11 bits per heavy atom. The maximum absolute atomic E-state index is 12.0. The largest absolute Gasteiger partial charge is 0.336 e. The van der Waals surface area contributed by atoms with Crippen LogP contribution in [0.15, 0.2) is 15.9 Å². The second kappa shape index (κ2) is 7.90. The number of hydrogen-bond acceptors (Lipinski definition) is 2. The van der Waals surface area contributed by atoms with Crippen molar-refractivity contribution in [1.29, 1.82) is 0 Å². The number of urea groups is 1. The van der Waals surface area contributed by atoms with Gasteiger partial charge in [0, 0.05) is 27.8 Å². The topological polar surface area (TPSA) is 32.3 Å². The van der Waals surface area contributed by atoms with Crippen LogP contribution in [0.25, 0.3) is 0 Å². The van der Waals surface area contributed by atoms with Crippen LogP contribution < -0.4 is 5.32 Å². The average Bonchev–Trinajstić information content (AvgIpc) is 2.72. The molecule has 1 rings (SSSR count). The number of hydrogen-bond donors (Lipinski definition) is 1. The number of nitrogens with one attached hydrogen (secondary N) is 1. The smallest absolute Gasteiger partial charge is 0.317 e. The summed E-state index contributed by atoms with van der Waals surface area (Å²) in [6.07, 6.45) is 2.17. The summed E-state index contributed by atoms with van der Waals surface area (Å²) < 4.78 is 1.08. The summed E-state index contributed by atoms with van der Waals surface area (Å²) in [6, 6.07) is 2.28. The molecule has 1 heterocycles. The number of amides is 2. The highest BCUT2D eigenvalue weighted by Crippen LogP contribution is 2.20. The summed E-state index contributed by atoms with van der Waals surface area (Å²) >= 11 is 5.08. The average molecular weight is 347 g/mol. The van der Waals surface area contributed by atoms with Crippen LogP contribution in [0.4, 0.5) is 4.79 Å². The molecule has 3 nitrogen and oxygen atoms in total. The van der Waals surface area contributed by atoms with Crippen molar-refractivity contribution < 1.29 is 4.79 Å². The van der Waals surface area contributed by atoms with E-state index in [-0.39, 0.29) is 12.1 Å². The van der Waals surface area contributed by atoms with Gasteiger partial charge in [0.15, 0.2) is 0 Å². The van der Waals surface area contributed by atoms with Crippen LogP contribution in [0.3, 0.4) is 0 Å². The molecule has 0 bridgehead atoms. The Morgan fingerprint density at radius 3 is 2.63 bits per heavy atom. The van der Waals surface area contributed by atoms with Crippen molar-refractivity contribution in [2.24, 2.45) is 5.92 Å². The lowest BCUT2D eigenvalue weighted by Crippen LogP contribution is -2.41. The monoisotopic (exact) mass is 346 g/mol. The minimum atomic E-state index is 0.000721. The Balaban J connectivity index is 2.35. The van der Waals surface area contributed by atoms with Crippen LogP contribution in [0.5, 0.6) is 0 Å². The first kappa shape index (κ1) is 16.5. The Kier molecular flexibility index (Phi) is 6.86. The molecule has 1 aromatic heterocycles. The highest BCUT2D eigenvalue weighted by Gasteiger charge is 2.13. The number of carbonyl (C=O) groups is 1. The van der Waals surface area contributed by atoms with E-state index in [0.29, 0.717) is 12.5 Å². The maximum Gasteiger partial charge on any atom is 0.317 e. The fourth-order valence-electron chi connectivity index (χ4n) is 1.72. The molecule has 0 aliphatic heterocycles. The van der Waals surface area contributed by atoms with E-state index >= 15 is 0 Å². The quantitative estimate of drug-likeness (QED) is 0.809. The van der Waals surface area contributed by atoms with E-state index in [9.17, 15) is 4.79 Å². The predicted molar refractivity (Wildman–Crippen MR) is 85.6 cm³/mol. The Morgan fingerprint density at radius 1 is 1.42 bits per heavy atom. The normalized spacial score (nSPS) is 12.5. The lowest BCUT2D eigenvalue weighted by Gasteiger charge is -2.21. The Bertz CT molecular complexity index is 406. The van der Waals surface area contributed by atoms with Crippen molar-refractivity contribution in [3.8, 4) is 0 Å². The number of carbonyl (C=O) groups excluding carboxylic acids is 1. The third-order valence-corrected chi connectivity index (χ3v) is 4.59. The fraction of sp³-hybridized carbons (Fsp3) is 0.643. The Labute approximate surface area is 128 Å². The zero-order valence-electron chi connectivity index (χ0n) is 12.1. The SMILES string of the molecule is CC(C)CCC(C)NC(=O)N(C)Cc1cc(Br)cs1. The van der Waals surface area contributed by atoms with Gasteiger partial charge in [0.05, 0.1) is 6.54 Å². The minimum absolute atomic E-state index is 0.000721. The standard InChI is InChI=1S/C14H23BrN2OS/c1-10(2)5-6-11(3)16-14(18)17(4)8-13-7-12(15)9-19-13/h7,9-11H,5-6,8H2,1-4H3,(H,16,18). The summed E-state index contributed by atoms with van der Waals surface area (Å²) in [5.41, 5.74) is 0.